The van der Waals surface area contributed by atoms with E-state index in [0.29, 0.717) is 27.7 Å². The summed E-state index contributed by atoms with van der Waals surface area (Å²) in [5.41, 5.74) is 2.74. The van der Waals surface area contributed by atoms with Gasteiger partial charge in [-0.2, -0.15) is 0 Å². The van der Waals surface area contributed by atoms with Crippen LogP contribution >= 0.6 is 11.3 Å². The van der Waals surface area contributed by atoms with Crippen molar-refractivity contribution >= 4 is 45.7 Å². The Balaban J connectivity index is 1.34. The number of anilines is 2. The molecular formula is C25H21N5O4S. The van der Waals surface area contributed by atoms with Crippen LogP contribution in [0.25, 0.3) is 21.7 Å². The number of benzene rings is 2. The van der Waals surface area contributed by atoms with Crippen molar-refractivity contribution in [3.8, 4) is 10.6 Å². The van der Waals surface area contributed by atoms with Gasteiger partial charge in [-0.25, -0.2) is 9.97 Å². The predicted molar refractivity (Wildman–Crippen MR) is 134 cm³/mol. The van der Waals surface area contributed by atoms with E-state index in [-0.39, 0.29) is 31.4 Å². The third-order valence-corrected chi connectivity index (χ3v) is 6.45. The third kappa shape index (κ3) is 4.84. The van der Waals surface area contributed by atoms with Gasteiger partial charge in [0.25, 0.3) is 5.91 Å². The van der Waals surface area contributed by atoms with Gasteiger partial charge < -0.3 is 19.4 Å². The van der Waals surface area contributed by atoms with Crippen LogP contribution in [0.1, 0.15) is 20.0 Å². The molecule has 0 saturated carbocycles. The lowest BCUT2D eigenvalue weighted by Crippen LogP contribution is -2.15. The van der Waals surface area contributed by atoms with E-state index in [1.807, 2.05) is 36.4 Å². The lowest BCUT2D eigenvalue weighted by Gasteiger charge is -2.08. The third-order valence-electron chi connectivity index (χ3n) is 5.35. The zero-order valence-corrected chi connectivity index (χ0v) is 19.3. The van der Waals surface area contributed by atoms with Gasteiger partial charge in [-0.15, -0.1) is 11.3 Å². The first-order chi connectivity index (χ1) is 17.1. The van der Waals surface area contributed by atoms with Crippen LogP contribution in [-0.4, -0.2) is 44.5 Å². The number of thiophene rings is 1. The van der Waals surface area contributed by atoms with Crippen molar-refractivity contribution in [1.29, 1.82) is 0 Å². The molecule has 0 spiro atoms. The molecule has 9 nitrogen and oxygen atoms in total. The van der Waals surface area contributed by atoms with Gasteiger partial charge in [0.1, 0.15) is 0 Å². The number of fused-ring (bicyclic) bond motifs is 1. The van der Waals surface area contributed by atoms with Gasteiger partial charge in [-0.1, -0.05) is 30.3 Å². The number of imidazole rings is 1. The minimum atomic E-state index is -0.318. The average Bonchev–Trinajstić information content (AvgIpc) is 3.64. The van der Waals surface area contributed by atoms with Crippen LogP contribution in [0.15, 0.2) is 77.7 Å². The average molecular weight is 488 g/mol. The van der Waals surface area contributed by atoms with E-state index in [2.05, 4.69) is 20.6 Å². The molecule has 0 aliphatic rings. The maximum Gasteiger partial charge on any atom is 0.268 e. The molecule has 3 aromatic heterocycles. The molecule has 5 rings (SSSR count). The van der Waals surface area contributed by atoms with Gasteiger partial charge in [0.05, 0.1) is 40.1 Å². The van der Waals surface area contributed by atoms with Gasteiger partial charge in [0.2, 0.25) is 5.95 Å². The van der Waals surface area contributed by atoms with Crippen LogP contribution in [0.5, 0.6) is 0 Å². The van der Waals surface area contributed by atoms with Crippen LogP contribution in [-0.2, 0) is 6.54 Å². The van der Waals surface area contributed by atoms with E-state index < -0.39 is 0 Å². The number of rotatable bonds is 9. The van der Waals surface area contributed by atoms with E-state index in [9.17, 15) is 14.7 Å². The Morgan fingerprint density at radius 2 is 1.94 bits per heavy atom. The van der Waals surface area contributed by atoms with Gasteiger partial charge in [-0.05, 0) is 30.3 Å². The van der Waals surface area contributed by atoms with Crippen LogP contribution < -0.4 is 10.6 Å². The van der Waals surface area contributed by atoms with Gasteiger partial charge in [0.15, 0.2) is 17.9 Å². The summed E-state index contributed by atoms with van der Waals surface area (Å²) in [6.45, 7) is 0.288. The Kier molecular flexibility index (Phi) is 6.38. The first-order valence-electron chi connectivity index (χ1n) is 10.9. The van der Waals surface area contributed by atoms with E-state index in [0.717, 1.165) is 16.1 Å². The summed E-state index contributed by atoms with van der Waals surface area (Å²) in [5.74, 6) is 0.575. The number of nitrogens with zero attached hydrogens (tertiary/aromatic N) is 3. The van der Waals surface area contributed by atoms with E-state index in [4.69, 9.17) is 4.42 Å². The second-order valence-corrected chi connectivity index (χ2v) is 8.72. The number of ketones is 1. The molecule has 35 heavy (non-hydrogen) atoms. The Hall–Kier alpha value is -4.28. The summed E-state index contributed by atoms with van der Waals surface area (Å²) >= 11 is 1.28. The number of oxazole rings is 1. The van der Waals surface area contributed by atoms with Crippen LogP contribution in [0.4, 0.5) is 11.6 Å². The number of aliphatic hydroxyl groups excluding tert-OH is 1. The fourth-order valence-corrected chi connectivity index (χ4v) is 4.52. The first kappa shape index (κ1) is 22.5. The van der Waals surface area contributed by atoms with Crippen LogP contribution in [0.2, 0.25) is 0 Å². The number of hydrogen-bond acceptors (Lipinski definition) is 8. The number of aromatic nitrogens is 3. The molecule has 0 fully saturated rings. The minimum absolute atomic E-state index is 0.0231. The lowest BCUT2D eigenvalue weighted by atomic mass is 10.1. The normalized spacial score (nSPS) is 11.0. The highest BCUT2D eigenvalue weighted by molar-refractivity contribution is 7.17. The Labute approximate surface area is 204 Å². The van der Waals surface area contributed by atoms with E-state index in [1.54, 1.807) is 35.0 Å². The monoisotopic (exact) mass is 487 g/mol. The zero-order valence-electron chi connectivity index (χ0n) is 18.5. The molecule has 0 saturated heterocycles. The van der Waals surface area contributed by atoms with Crippen molar-refractivity contribution in [1.82, 2.24) is 14.5 Å². The van der Waals surface area contributed by atoms with Crippen LogP contribution in [0.3, 0.4) is 0 Å². The summed E-state index contributed by atoms with van der Waals surface area (Å²) in [6, 6.07) is 18.1. The number of aliphatic hydroxyl groups is 1. The number of carbonyl (C=O) groups is 2. The molecule has 0 atom stereocenters. The highest BCUT2D eigenvalue weighted by Gasteiger charge is 2.17. The summed E-state index contributed by atoms with van der Waals surface area (Å²) in [4.78, 5) is 35.0. The second-order valence-electron chi connectivity index (χ2n) is 7.64. The molecule has 2 aromatic carbocycles. The number of carbonyl (C=O) groups excluding carboxylic acids is 2. The van der Waals surface area contributed by atoms with Crippen molar-refractivity contribution in [2.45, 2.75) is 6.54 Å². The van der Waals surface area contributed by atoms with Crippen molar-refractivity contribution in [3.63, 3.8) is 0 Å². The minimum Gasteiger partial charge on any atom is -0.443 e. The molecule has 0 radical (unpaired) electrons. The molecule has 3 heterocycles. The summed E-state index contributed by atoms with van der Waals surface area (Å²) in [6.07, 6.45) is 2.93. The molecule has 0 aliphatic carbocycles. The smallest absolute Gasteiger partial charge is 0.268 e. The van der Waals surface area contributed by atoms with Crippen molar-refractivity contribution < 1.29 is 19.1 Å². The molecule has 0 unspecified atom stereocenters. The second kappa shape index (κ2) is 9.92. The largest absolute Gasteiger partial charge is 0.443 e. The van der Waals surface area contributed by atoms with E-state index in [1.165, 1.54) is 17.7 Å². The van der Waals surface area contributed by atoms with Crippen molar-refractivity contribution in [2.24, 2.45) is 0 Å². The maximum absolute atomic E-state index is 12.9. The highest BCUT2D eigenvalue weighted by Crippen LogP contribution is 2.29. The molecule has 10 heteroatoms. The fraction of sp³-hybridized carbons (Fsp3) is 0.120. The van der Waals surface area contributed by atoms with Crippen LogP contribution in [0, 0.1) is 0 Å². The first-order valence-corrected chi connectivity index (χ1v) is 11.7. The Bertz CT molecular complexity index is 1470. The fourth-order valence-electron chi connectivity index (χ4n) is 3.66. The number of hydrogen-bond donors (Lipinski definition) is 3. The van der Waals surface area contributed by atoms with Crippen molar-refractivity contribution in [3.05, 3.63) is 83.7 Å². The van der Waals surface area contributed by atoms with Gasteiger partial charge in [0, 0.05) is 17.8 Å². The molecule has 1 amide bonds. The zero-order chi connectivity index (χ0) is 24.2. The summed E-state index contributed by atoms with van der Waals surface area (Å²) in [7, 11) is 0. The molecule has 3 N–H and O–H groups in total. The molecule has 0 aliphatic heterocycles. The standard InChI is InChI=1S/C25H21N5O4S/c31-11-10-30-19-7-6-17(27-13-20(32)16-4-2-1-3-5-16)12-18(19)28-25(30)29-24(33)23-9-8-22(35-23)21-14-26-15-34-21/h1-9,12,14-15,27,31H,10-11,13H2,(H,28,29,33). The van der Waals surface area contributed by atoms with Gasteiger partial charge >= 0.3 is 0 Å². The SMILES string of the molecule is O=C(CNc1ccc2c(c1)nc(NC(=O)c1ccc(-c3cnco3)s1)n2CCO)c1ccccc1. The number of Topliss-reactive ketones (excluding diaryl/α,β-unsaturated/α-hetero) is 1. The van der Waals surface area contributed by atoms with E-state index >= 15 is 0 Å². The lowest BCUT2D eigenvalue weighted by molar-refractivity contribution is 0.100. The van der Waals surface area contributed by atoms with Crippen molar-refractivity contribution in [2.75, 3.05) is 23.8 Å². The Morgan fingerprint density at radius 1 is 1.09 bits per heavy atom. The summed E-state index contributed by atoms with van der Waals surface area (Å²) in [5, 5.41) is 15.5. The maximum atomic E-state index is 12.9. The molecule has 176 valence electrons. The number of amides is 1. The highest BCUT2D eigenvalue weighted by atomic mass is 32.1. The Morgan fingerprint density at radius 3 is 2.71 bits per heavy atom. The predicted octanol–water partition coefficient (Wildman–Crippen LogP) is 4.29. The number of nitrogens with one attached hydrogen (secondary N) is 2. The summed E-state index contributed by atoms with van der Waals surface area (Å²) < 4.78 is 7.04. The van der Waals surface area contributed by atoms with Gasteiger partial charge in [-0.3, -0.25) is 14.9 Å². The topological polar surface area (TPSA) is 122 Å². The molecular weight excluding hydrogens is 466 g/mol. The molecule has 0 bridgehead atoms. The quantitative estimate of drug-likeness (QED) is 0.265. The molecule has 5 aromatic rings.